The van der Waals surface area contributed by atoms with E-state index in [1.807, 2.05) is 6.92 Å². The molecule has 2 aromatic carbocycles. The molecule has 0 aliphatic carbocycles. The number of carbonyl (C=O) groups is 2. The summed E-state index contributed by atoms with van der Waals surface area (Å²) in [5.41, 5.74) is 2.51. The fourth-order valence-corrected chi connectivity index (χ4v) is 2.77. The molecule has 1 amide bonds. The first kappa shape index (κ1) is 13.9. The molecule has 1 heterocycles. The smallest absolute Gasteiger partial charge is 0.299 e. The van der Waals surface area contributed by atoms with Crippen molar-refractivity contribution >= 4 is 33.3 Å². The van der Waals surface area contributed by atoms with Crippen molar-refractivity contribution in [2.45, 2.75) is 13.5 Å². The maximum Gasteiger partial charge on any atom is 0.299 e. The third-order valence-electron chi connectivity index (χ3n) is 3.57. The lowest BCUT2D eigenvalue weighted by molar-refractivity contribution is -0.114. The first-order valence-corrected chi connectivity index (χ1v) is 7.17. The van der Waals surface area contributed by atoms with Gasteiger partial charge in [-0.2, -0.15) is 0 Å². The number of nitrogens with zero attached hydrogens (tertiary/aromatic N) is 1. The molecule has 0 unspecified atom stereocenters. The minimum Gasteiger partial charge on any atom is -0.300 e. The van der Waals surface area contributed by atoms with Crippen molar-refractivity contribution in [3.05, 3.63) is 63.4 Å². The summed E-state index contributed by atoms with van der Waals surface area (Å²) < 4.78 is 14.1. The van der Waals surface area contributed by atoms with Gasteiger partial charge in [0.1, 0.15) is 5.82 Å². The first-order chi connectivity index (χ1) is 9.97. The van der Waals surface area contributed by atoms with E-state index in [1.54, 1.807) is 24.3 Å². The normalized spacial score (nSPS) is 13.8. The zero-order chi connectivity index (χ0) is 15.1. The van der Waals surface area contributed by atoms with Crippen molar-refractivity contribution in [2.75, 3.05) is 4.90 Å². The van der Waals surface area contributed by atoms with Crippen molar-refractivity contribution in [2.24, 2.45) is 0 Å². The van der Waals surface area contributed by atoms with Crippen LogP contribution in [0.15, 0.2) is 40.9 Å². The van der Waals surface area contributed by atoms with E-state index in [2.05, 4.69) is 15.9 Å². The molecule has 1 aliphatic rings. The molecule has 3 nitrogen and oxygen atoms in total. The van der Waals surface area contributed by atoms with Crippen LogP contribution in [0.3, 0.4) is 0 Å². The van der Waals surface area contributed by atoms with Crippen LogP contribution in [0.4, 0.5) is 10.1 Å². The number of benzene rings is 2. The zero-order valence-corrected chi connectivity index (χ0v) is 12.8. The van der Waals surface area contributed by atoms with Gasteiger partial charge in [-0.05, 0) is 48.4 Å². The van der Waals surface area contributed by atoms with Crippen molar-refractivity contribution in [3.63, 3.8) is 0 Å². The Balaban J connectivity index is 2.02. The second-order valence-corrected chi connectivity index (χ2v) is 5.87. The van der Waals surface area contributed by atoms with E-state index in [1.165, 1.54) is 17.0 Å². The Labute approximate surface area is 129 Å². The average molecular weight is 348 g/mol. The van der Waals surface area contributed by atoms with E-state index in [0.717, 1.165) is 10.0 Å². The number of rotatable bonds is 2. The summed E-state index contributed by atoms with van der Waals surface area (Å²) in [5.74, 6) is -1.46. The molecule has 0 spiro atoms. The number of halogens is 2. The molecular weight excluding hydrogens is 337 g/mol. The molecule has 0 saturated carbocycles. The van der Waals surface area contributed by atoms with Crippen LogP contribution in [0, 0.1) is 12.7 Å². The van der Waals surface area contributed by atoms with Gasteiger partial charge in [0.05, 0.1) is 17.8 Å². The van der Waals surface area contributed by atoms with Crippen LogP contribution in [0.2, 0.25) is 0 Å². The first-order valence-electron chi connectivity index (χ1n) is 6.38. The topological polar surface area (TPSA) is 37.4 Å². The fraction of sp³-hybridized carbons (Fsp3) is 0.125. The Hall–Kier alpha value is -2.01. The Morgan fingerprint density at radius 2 is 1.90 bits per heavy atom. The second kappa shape index (κ2) is 5.07. The molecular formula is C16H11BrFNO2. The third-order valence-corrected chi connectivity index (χ3v) is 4.07. The van der Waals surface area contributed by atoms with Crippen molar-refractivity contribution in [3.8, 4) is 0 Å². The van der Waals surface area contributed by atoms with Gasteiger partial charge >= 0.3 is 0 Å². The van der Waals surface area contributed by atoms with Crippen molar-refractivity contribution < 1.29 is 14.0 Å². The Morgan fingerprint density at radius 3 is 2.67 bits per heavy atom. The van der Waals surface area contributed by atoms with Gasteiger partial charge in [0, 0.05) is 4.47 Å². The number of hydrogen-bond donors (Lipinski definition) is 0. The summed E-state index contributed by atoms with van der Waals surface area (Å²) in [6.45, 7) is 2.03. The number of ketones is 1. The van der Waals surface area contributed by atoms with E-state index in [0.29, 0.717) is 16.8 Å². The molecule has 0 saturated heterocycles. The summed E-state index contributed by atoms with van der Waals surface area (Å²) in [6.07, 6.45) is 0. The highest BCUT2D eigenvalue weighted by Gasteiger charge is 2.35. The molecule has 1 aliphatic heterocycles. The van der Waals surface area contributed by atoms with Crippen LogP contribution in [-0.2, 0) is 11.3 Å². The summed E-state index contributed by atoms with van der Waals surface area (Å²) in [6, 6.07) is 9.56. The summed E-state index contributed by atoms with van der Waals surface area (Å²) in [4.78, 5) is 25.6. The largest absolute Gasteiger partial charge is 0.300 e. The second-order valence-electron chi connectivity index (χ2n) is 4.95. The molecule has 0 radical (unpaired) electrons. The molecule has 0 atom stereocenters. The van der Waals surface area contributed by atoms with Gasteiger partial charge in [0.25, 0.3) is 11.7 Å². The number of hydrogen-bond acceptors (Lipinski definition) is 2. The minimum atomic E-state index is -0.577. The number of carbonyl (C=O) groups excluding carboxylic acids is 2. The summed E-state index contributed by atoms with van der Waals surface area (Å²) >= 11 is 3.29. The highest BCUT2D eigenvalue weighted by atomic mass is 79.9. The van der Waals surface area contributed by atoms with Crippen molar-refractivity contribution in [1.82, 2.24) is 0 Å². The predicted molar refractivity (Wildman–Crippen MR) is 80.8 cm³/mol. The van der Waals surface area contributed by atoms with E-state index in [4.69, 9.17) is 0 Å². The maximum absolute atomic E-state index is 13.4. The zero-order valence-electron chi connectivity index (χ0n) is 11.2. The van der Waals surface area contributed by atoms with Crippen LogP contribution in [0.5, 0.6) is 0 Å². The van der Waals surface area contributed by atoms with E-state index in [-0.39, 0.29) is 12.4 Å². The third kappa shape index (κ3) is 2.38. The molecule has 106 valence electrons. The van der Waals surface area contributed by atoms with Gasteiger partial charge < -0.3 is 4.90 Å². The summed E-state index contributed by atoms with van der Waals surface area (Å²) in [7, 11) is 0. The predicted octanol–water partition coefficient (Wildman–Crippen LogP) is 3.63. The molecule has 2 aromatic rings. The lowest BCUT2D eigenvalue weighted by Crippen LogP contribution is -2.29. The molecule has 3 rings (SSSR count). The molecule has 21 heavy (non-hydrogen) atoms. The van der Waals surface area contributed by atoms with Crippen LogP contribution in [-0.4, -0.2) is 11.7 Å². The van der Waals surface area contributed by atoms with Gasteiger partial charge in [-0.15, -0.1) is 0 Å². The van der Waals surface area contributed by atoms with Gasteiger partial charge in [-0.3, -0.25) is 9.59 Å². The lowest BCUT2D eigenvalue weighted by Gasteiger charge is -2.18. The number of anilines is 1. The summed E-state index contributed by atoms with van der Waals surface area (Å²) in [5, 5.41) is 0. The average Bonchev–Trinajstić information content (AvgIpc) is 2.68. The quantitative estimate of drug-likeness (QED) is 0.778. The lowest BCUT2D eigenvalue weighted by atomic mass is 10.1. The molecule has 0 N–H and O–H groups in total. The van der Waals surface area contributed by atoms with Gasteiger partial charge in [0.15, 0.2) is 0 Å². The van der Waals surface area contributed by atoms with Crippen LogP contribution in [0.25, 0.3) is 0 Å². The number of aryl methyl sites for hydroxylation is 1. The van der Waals surface area contributed by atoms with E-state index >= 15 is 0 Å². The highest BCUT2D eigenvalue weighted by Crippen LogP contribution is 2.32. The SMILES string of the molecule is Cc1ccc(F)cc1CN1C(=O)C(=O)c2cc(Br)ccc21. The monoisotopic (exact) mass is 347 g/mol. The Morgan fingerprint density at radius 1 is 1.14 bits per heavy atom. The molecule has 5 heteroatoms. The molecule has 0 aromatic heterocycles. The van der Waals surface area contributed by atoms with Gasteiger partial charge in [0.2, 0.25) is 0 Å². The van der Waals surface area contributed by atoms with E-state index in [9.17, 15) is 14.0 Å². The van der Waals surface area contributed by atoms with Gasteiger partial charge in [-0.1, -0.05) is 22.0 Å². The number of amides is 1. The van der Waals surface area contributed by atoms with Crippen molar-refractivity contribution in [1.29, 1.82) is 0 Å². The van der Waals surface area contributed by atoms with Crippen LogP contribution < -0.4 is 4.90 Å². The van der Waals surface area contributed by atoms with Crippen LogP contribution in [0.1, 0.15) is 21.5 Å². The Kier molecular flexibility index (Phi) is 3.37. The molecule has 0 bridgehead atoms. The number of fused-ring (bicyclic) bond motifs is 1. The highest BCUT2D eigenvalue weighted by molar-refractivity contribution is 9.10. The molecule has 0 fully saturated rings. The fourth-order valence-electron chi connectivity index (χ4n) is 2.41. The maximum atomic E-state index is 13.4. The standard InChI is InChI=1S/C16H11BrFNO2/c1-9-2-4-12(18)6-10(9)8-19-14-5-3-11(17)7-13(14)15(20)16(19)21/h2-7H,8H2,1H3. The van der Waals surface area contributed by atoms with Crippen LogP contribution >= 0.6 is 15.9 Å². The minimum absolute atomic E-state index is 0.183. The van der Waals surface area contributed by atoms with Gasteiger partial charge in [-0.25, -0.2) is 4.39 Å². The van der Waals surface area contributed by atoms with E-state index < -0.39 is 11.7 Å². The number of Topliss-reactive ketones (excluding diaryl/α,β-unsaturated/α-hetero) is 1. The Bertz CT molecular complexity index is 773.